The van der Waals surface area contributed by atoms with Crippen molar-refractivity contribution in [2.75, 3.05) is 13.2 Å². The molecule has 1 spiro atoms. The van der Waals surface area contributed by atoms with Crippen molar-refractivity contribution in [1.82, 2.24) is 4.90 Å². The number of hydrogen-bond donors (Lipinski definition) is 0. The Kier molecular flexibility index (Phi) is 2.97. The van der Waals surface area contributed by atoms with Gasteiger partial charge in [-0.15, -0.1) is 0 Å². The molecule has 0 N–H and O–H groups in total. The van der Waals surface area contributed by atoms with Crippen LogP contribution < -0.4 is 0 Å². The van der Waals surface area contributed by atoms with Crippen LogP contribution >= 0.6 is 0 Å². The molecule has 0 aromatic heterocycles. The zero-order chi connectivity index (χ0) is 14.8. The quantitative estimate of drug-likeness (QED) is 0.739. The third kappa shape index (κ3) is 1.87. The molecule has 0 unspecified atom stereocenters. The Balaban J connectivity index is 1.44. The topological polar surface area (TPSA) is 29.5 Å². The summed E-state index contributed by atoms with van der Waals surface area (Å²) in [5.41, 5.74) is -0.203. The van der Waals surface area contributed by atoms with Crippen molar-refractivity contribution in [3.8, 4) is 0 Å². The lowest BCUT2D eigenvalue weighted by atomic mass is 9.49. The smallest absolute Gasteiger partial charge is 0.231 e. The van der Waals surface area contributed by atoms with Crippen LogP contribution in [0, 0.1) is 23.2 Å². The van der Waals surface area contributed by atoms with E-state index in [1.165, 1.54) is 57.8 Å². The first-order valence-corrected chi connectivity index (χ1v) is 9.65. The maximum absolute atomic E-state index is 13.6. The van der Waals surface area contributed by atoms with Gasteiger partial charge in [-0.25, -0.2) is 0 Å². The highest BCUT2D eigenvalue weighted by atomic mass is 16.5. The predicted molar refractivity (Wildman–Crippen MR) is 84.1 cm³/mol. The normalized spacial score (nSPS) is 45.6. The van der Waals surface area contributed by atoms with E-state index < -0.39 is 0 Å². The third-order valence-electron chi connectivity index (χ3n) is 7.55. The van der Waals surface area contributed by atoms with E-state index in [2.05, 4.69) is 4.90 Å². The fourth-order valence-corrected chi connectivity index (χ4v) is 7.07. The first-order chi connectivity index (χ1) is 10.7. The molecule has 3 nitrogen and oxygen atoms in total. The molecule has 5 aliphatic carbocycles. The molecular weight excluding hydrogens is 274 g/mol. The van der Waals surface area contributed by atoms with Crippen molar-refractivity contribution < 1.29 is 9.53 Å². The van der Waals surface area contributed by atoms with Crippen molar-refractivity contribution in [1.29, 1.82) is 0 Å². The number of hydrogen-bond acceptors (Lipinski definition) is 2. The molecule has 1 heterocycles. The molecule has 5 saturated carbocycles. The van der Waals surface area contributed by atoms with E-state index in [1.807, 2.05) is 0 Å². The van der Waals surface area contributed by atoms with Crippen LogP contribution in [0.1, 0.15) is 70.6 Å². The number of ether oxygens (including phenoxy) is 1. The van der Waals surface area contributed by atoms with E-state index >= 15 is 0 Å². The van der Waals surface area contributed by atoms with Crippen LogP contribution in [0.3, 0.4) is 0 Å². The fraction of sp³-hybridized carbons (Fsp3) is 0.947. The number of carbonyl (C=O) groups excluding carboxylic acids is 1. The van der Waals surface area contributed by atoms with Gasteiger partial charge in [0.2, 0.25) is 5.91 Å². The van der Waals surface area contributed by atoms with Crippen LogP contribution in [0.5, 0.6) is 0 Å². The number of carbonyl (C=O) groups is 1. The molecule has 122 valence electrons. The van der Waals surface area contributed by atoms with Gasteiger partial charge in [0, 0.05) is 6.54 Å². The second kappa shape index (κ2) is 4.72. The van der Waals surface area contributed by atoms with Crippen LogP contribution in [0.4, 0.5) is 0 Å². The molecule has 6 rings (SSSR count). The zero-order valence-electron chi connectivity index (χ0n) is 13.7. The van der Waals surface area contributed by atoms with Crippen molar-refractivity contribution in [3.63, 3.8) is 0 Å². The minimum Gasteiger partial charge on any atom is -0.354 e. The summed E-state index contributed by atoms with van der Waals surface area (Å²) in [7, 11) is 0. The van der Waals surface area contributed by atoms with E-state index in [0.717, 1.165) is 43.7 Å². The fourth-order valence-electron chi connectivity index (χ4n) is 7.07. The summed E-state index contributed by atoms with van der Waals surface area (Å²) in [4.78, 5) is 15.8. The van der Waals surface area contributed by atoms with E-state index in [-0.39, 0.29) is 11.1 Å². The highest BCUT2D eigenvalue weighted by Crippen LogP contribution is 2.61. The van der Waals surface area contributed by atoms with E-state index in [4.69, 9.17) is 4.74 Å². The molecule has 1 aliphatic heterocycles. The number of nitrogens with zero attached hydrogens (tertiary/aromatic N) is 1. The van der Waals surface area contributed by atoms with Gasteiger partial charge in [0.15, 0.2) is 0 Å². The Bertz CT molecular complexity index is 445. The van der Waals surface area contributed by atoms with Gasteiger partial charge in [0.1, 0.15) is 5.72 Å². The molecule has 4 bridgehead atoms. The van der Waals surface area contributed by atoms with Crippen LogP contribution in [0.25, 0.3) is 0 Å². The lowest BCUT2D eigenvalue weighted by Gasteiger charge is -2.57. The van der Waals surface area contributed by atoms with E-state index in [1.54, 1.807) is 0 Å². The molecular formula is C19H29NO2. The van der Waals surface area contributed by atoms with E-state index in [9.17, 15) is 4.79 Å². The molecule has 22 heavy (non-hydrogen) atoms. The van der Waals surface area contributed by atoms with Crippen molar-refractivity contribution in [2.45, 2.75) is 76.4 Å². The Morgan fingerprint density at radius 2 is 1.50 bits per heavy atom. The van der Waals surface area contributed by atoms with Crippen molar-refractivity contribution in [2.24, 2.45) is 23.2 Å². The van der Waals surface area contributed by atoms with Crippen molar-refractivity contribution in [3.05, 3.63) is 0 Å². The number of amides is 1. The summed E-state index contributed by atoms with van der Waals surface area (Å²) in [6, 6.07) is 0. The summed E-state index contributed by atoms with van der Waals surface area (Å²) in [5, 5.41) is 0. The molecule has 6 aliphatic rings. The summed E-state index contributed by atoms with van der Waals surface area (Å²) >= 11 is 0. The van der Waals surface area contributed by atoms with Gasteiger partial charge < -0.3 is 9.64 Å². The van der Waals surface area contributed by atoms with Gasteiger partial charge >= 0.3 is 0 Å². The minimum absolute atomic E-state index is 0.00684. The van der Waals surface area contributed by atoms with Gasteiger partial charge in [-0.05, 0) is 82.0 Å². The third-order valence-corrected chi connectivity index (χ3v) is 7.55. The Morgan fingerprint density at radius 3 is 2.09 bits per heavy atom. The lowest BCUT2D eigenvalue weighted by Crippen LogP contribution is -2.59. The van der Waals surface area contributed by atoms with Gasteiger partial charge in [0.05, 0.1) is 12.0 Å². The highest BCUT2D eigenvalue weighted by molar-refractivity contribution is 5.84. The summed E-state index contributed by atoms with van der Waals surface area (Å²) in [6.45, 7) is 1.61. The summed E-state index contributed by atoms with van der Waals surface area (Å²) in [6.07, 6.45) is 13.7. The maximum Gasteiger partial charge on any atom is 0.231 e. The first-order valence-electron chi connectivity index (χ1n) is 9.65. The van der Waals surface area contributed by atoms with Crippen LogP contribution in [0.2, 0.25) is 0 Å². The minimum atomic E-state index is -0.210. The van der Waals surface area contributed by atoms with Gasteiger partial charge in [-0.1, -0.05) is 6.42 Å². The van der Waals surface area contributed by atoms with Crippen LogP contribution in [-0.2, 0) is 9.53 Å². The molecule has 0 aromatic rings. The van der Waals surface area contributed by atoms with Gasteiger partial charge in [-0.2, -0.15) is 0 Å². The van der Waals surface area contributed by atoms with Crippen LogP contribution in [0.15, 0.2) is 0 Å². The largest absolute Gasteiger partial charge is 0.354 e. The number of rotatable bonds is 1. The second-order valence-electron chi connectivity index (χ2n) is 9.01. The van der Waals surface area contributed by atoms with Crippen molar-refractivity contribution >= 4 is 5.91 Å². The highest BCUT2D eigenvalue weighted by Gasteiger charge is 2.58. The first kappa shape index (κ1) is 13.8. The second-order valence-corrected chi connectivity index (χ2v) is 9.01. The average molecular weight is 303 g/mol. The lowest BCUT2D eigenvalue weighted by molar-refractivity contribution is -0.178. The molecule has 1 saturated heterocycles. The molecule has 3 heteroatoms. The summed E-state index contributed by atoms with van der Waals surface area (Å²) in [5.74, 6) is 3.04. The molecule has 0 radical (unpaired) electrons. The standard InChI is InChI=1S/C19H29NO2/c21-17(20-6-7-22-19(20)4-2-1-3-5-19)18-11-14-8-15(12-18)10-16(9-14)13-18/h14-16H,1-13H2. The SMILES string of the molecule is O=C(N1CCOC12CCCCC2)C12CC3CC(CC(C3)C1)C2. The molecule has 1 amide bonds. The maximum atomic E-state index is 13.6. The van der Waals surface area contributed by atoms with Gasteiger partial charge in [0.25, 0.3) is 0 Å². The van der Waals surface area contributed by atoms with Gasteiger partial charge in [-0.3, -0.25) is 4.79 Å². The Labute approximate surface area is 133 Å². The predicted octanol–water partition coefficient (Wildman–Crippen LogP) is 3.72. The van der Waals surface area contributed by atoms with E-state index in [0.29, 0.717) is 5.91 Å². The Hall–Kier alpha value is -0.570. The van der Waals surface area contributed by atoms with Crippen LogP contribution in [-0.4, -0.2) is 29.7 Å². The molecule has 6 fully saturated rings. The molecule has 0 atom stereocenters. The molecule has 0 aromatic carbocycles. The monoisotopic (exact) mass is 303 g/mol. The summed E-state index contributed by atoms with van der Waals surface area (Å²) < 4.78 is 6.18. The average Bonchev–Trinajstić information content (AvgIpc) is 2.88. The zero-order valence-corrected chi connectivity index (χ0v) is 13.7. The Morgan fingerprint density at radius 1 is 0.909 bits per heavy atom.